The smallest absolute Gasteiger partial charge is 0.302 e. The van der Waals surface area contributed by atoms with Crippen LogP contribution in [0.1, 0.15) is 147 Å². The first-order chi connectivity index (χ1) is 23.0. The summed E-state index contributed by atoms with van der Waals surface area (Å²) < 4.78 is 12.8. The Labute approximate surface area is 305 Å². The largest absolute Gasteiger partial charge is 0.462 e. The highest BCUT2D eigenvalue weighted by atomic mass is 28.4. The van der Waals surface area contributed by atoms with Gasteiger partial charge in [-0.25, -0.2) is 0 Å². The van der Waals surface area contributed by atoms with Crippen molar-refractivity contribution < 1.29 is 23.5 Å². The Balaban J connectivity index is 1.29. The van der Waals surface area contributed by atoms with E-state index in [0.29, 0.717) is 18.3 Å². The third-order valence-electron chi connectivity index (χ3n) is 17.1. The van der Waals surface area contributed by atoms with E-state index in [0.717, 1.165) is 82.9 Å². The average Bonchev–Trinajstić information content (AvgIpc) is 3.31. The van der Waals surface area contributed by atoms with E-state index in [9.17, 15) is 9.59 Å². The van der Waals surface area contributed by atoms with Gasteiger partial charge in [0, 0.05) is 38.0 Å². The molecule has 0 bridgehead atoms. The third-order valence-corrected chi connectivity index (χ3v) is 21.6. The van der Waals surface area contributed by atoms with Crippen molar-refractivity contribution >= 4 is 26.0 Å². The fraction of sp³-hybridized carbons (Fsp3) is 0.884. The summed E-state index contributed by atoms with van der Waals surface area (Å²) in [6.45, 7) is 31.3. The number of amides is 1. The lowest BCUT2D eigenvalue weighted by atomic mass is 9.33. The molecule has 0 aromatic carbocycles. The number of carbonyl (C=O) groups excluding carboxylic acids is 3. The second kappa shape index (κ2) is 12.3. The van der Waals surface area contributed by atoms with Crippen molar-refractivity contribution in [2.75, 3.05) is 13.1 Å². The number of rotatable bonds is 5. The molecule has 0 N–H and O–H groups in total. The molecule has 0 aromatic heterocycles. The maximum atomic E-state index is 15.1. The van der Waals surface area contributed by atoms with Crippen LogP contribution in [0.3, 0.4) is 0 Å². The Morgan fingerprint density at radius 2 is 1.48 bits per heavy atom. The highest BCUT2D eigenvalue weighted by Gasteiger charge is 2.71. The van der Waals surface area contributed by atoms with E-state index < -0.39 is 13.7 Å². The van der Waals surface area contributed by atoms with Gasteiger partial charge in [0.15, 0.2) is 14.1 Å². The Kier molecular flexibility index (Phi) is 9.40. The molecule has 6 nitrogen and oxygen atoms in total. The maximum Gasteiger partial charge on any atom is 0.302 e. The molecule has 1 aliphatic heterocycles. The van der Waals surface area contributed by atoms with E-state index >= 15 is 4.79 Å². The molecule has 1 heterocycles. The fourth-order valence-corrected chi connectivity index (χ4v) is 14.8. The van der Waals surface area contributed by atoms with Gasteiger partial charge < -0.3 is 14.1 Å². The summed E-state index contributed by atoms with van der Waals surface area (Å²) in [5.41, 5.74) is 1.82. The van der Waals surface area contributed by atoms with Gasteiger partial charge in [0.05, 0.1) is 5.41 Å². The molecule has 5 aliphatic carbocycles. The summed E-state index contributed by atoms with van der Waals surface area (Å²) in [5, 5.41) is 0.163. The number of fused-ring (bicyclic) bond motifs is 7. The SMILES string of the molecule is CC(=O)O[C@H]1CC[C@]2(C)[C@H]3CC[C@@H]4C5=C(C(C)C)C(=O)C[C@]5(C(=O)N5CCC(O[Si](C)(C)C(C)(C)C)CC5)CC[C@@]4(C)[C@]3(C)CC[C@H]2C1(C)C. The molecule has 4 saturated carbocycles. The minimum Gasteiger partial charge on any atom is -0.462 e. The van der Waals surface area contributed by atoms with E-state index in [-0.39, 0.29) is 68.4 Å². The van der Waals surface area contributed by atoms with Gasteiger partial charge in [0.1, 0.15) is 6.10 Å². The Morgan fingerprint density at radius 3 is 2.06 bits per heavy atom. The monoisotopic (exact) mass is 710 g/mol. The molecule has 5 fully saturated rings. The zero-order valence-electron chi connectivity index (χ0n) is 34.1. The first kappa shape index (κ1) is 38.3. The minimum atomic E-state index is -1.89. The average molecular weight is 710 g/mol. The normalized spacial score (nSPS) is 40.6. The number of piperidine rings is 1. The topological polar surface area (TPSA) is 72.9 Å². The molecule has 282 valence electrons. The lowest BCUT2D eigenvalue weighted by molar-refractivity contribution is -0.232. The molecule has 50 heavy (non-hydrogen) atoms. The van der Waals surface area contributed by atoms with E-state index in [1.807, 2.05) is 0 Å². The number of esters is 1. The number of allylic oxidation sites excluding steroid dienone is 1. The number of ketones is 1. The molecule has 1 amide bonds. The Morgan fingerprint density at radius 1 is 0.840 bits per heavy atom. The summed E-state index contributed by atoms with van der Waals surface area (Å²) in [7, 11) is -1.89. The molecule has 0 unspecified atom stereocenters. The van der Waals surface area contributed by atoms with Crippen molar-refractivity contribution in [3.8, 4) is 0 Å². The number of ether oxygens (including phenoxy) is 1. The fourth-order valence-electron chi connectivity index (χ4n) is 13.3. The molecule has 6 rings (SSSR count). The molecule has 0 spiro atoms. The summed E-state index contributed by atoms with van der Waals surface area (Å²) >= 11 is 0. The van der Waals surface area contributed by atoms with E-state index in [1.54, 1.807) is 6.92 Å². The van der Waals surface area contributed by atoms with Gasteiger partial charge in [0.25, 0.3) is 0 Å². The molecule has 0 aromatic rings. The number of Topliss-reactive ketones (excluding diaryl/α,β-unsaturated/α-hetero) is 1. The highest BCUT2D eigenvalue weighted by Crippen LogP contribution is 2.77. The van der Waals surface area contributed by atoms with Crippen LogP contribution in [0.15, 0.2) is 11.1 Å². The number of carbonyl (C=O) groups is 3. The zero-order valence-corrected chi connectivity index (χ0v) is 35.1. The third kappa shape index (κ3) is 5.49. The molecule has 1 saturated heterocycles. The van der Waals surface area contributed by atoms with Crippen molar-refractivity contribution in [3.63, 3.8) is 0 Å². The molecule has 0 radical (unpaired) electrons. The van der Waals surface area contributed by atoms with Gasteiger partial charge in [-0.1, -0.05) is 69.2 Å². The van der Waals surface area contributed by atoms with Crippen molar-refractivity contribution in [3.05, 3.63) is 11.1 Å². The molecular weight excluding hydrogens is 639 g/mol. The van der Waals surface area contributed by atoms with Crippen molar-refractivity contribution in [2.24, 2.45) is 50.7 Å². The molecule has 8 atom stereocenters. The van der Waals surface area contributed by atoms with Gasteiger partial charge in [-0.2, -0.15) is 0 Å². The standard InChI is InChI=1S/C43H71NO5Si/c1-27(2)35-31(46)26-43(37(47)44-24-18-29(19-25-44)49-50(12,13)38(4,5)6)23-22-41(10)30(36(35)43)14-15-33-40(9)20-17-34(48-28(3)45)39(7,8)32(40)16-21-42(33,41)11/h27,29-30,32-34H,14-26H2,1-13H3/t30-,32+,33-,34+,40+,41-,42-,43-/m1/s1. The summed E-state index contributed by atoms with van der Waals surface area (Å²) in [6, 6.07) is 0. The van der Waals surface area contributed by atoms with Crippen LogP contribution in [-0.4, -0.2) is 56.2 Å². The van der Waals surface area contributed by atoms with Crippen molar-refractivity contribution in [1.82, 2.24) is 4.90 Å². The van der Waals surface area contributed by atoms with E-state index in [1.165, 1.54) is 5.57 Å². The second-order valence-corrected chi connectivity index (χ2v) is 25.9. The minimum absolute atomic E-state index is 0.0225. The first-order valence-corrected chi connectivity index (χ1v) is 23.3. The van der Waals surface area contributed by atoms with E-state index in [2.05, 4.69) is 87.2 Å². The summed E-state index contributed by atoms with van der Waals surface area (Å²) in [6.07, 6.45) is 10.6. The van der Waals surface area contributed by atoms with Crippen LogP contribution in [0, 0.1) is 50.7 Å². The van der Waals surface area contributed by atoms with E-state index in [4.69, 9.17) is 9.16 Å². The predicted octanol–water partition coefficient (Wildman–Crippen LogP) is 9.91. The maximum absolute atomic E-state index is 15.1. The van der Waals surface area contributed by atoms with Crippen LogP contribution in [0.4, 0.5) is 0 Å². The van der Waals surface area contributed by atoms with Gasteiger partial charge in [-0.15, -0.1) is 0 Å². The zero-order chi connectivity index (χ0) is 37.0. The highest BCUT2D eigenvalue weighted by molar-refractivity contribution is 6.74. The summed E-state index contributed by atoms with van der Waals surface area (Å²) in [5.74, 6) is 1.75. The molecule has 7 heteroatoms. The number of likely N-dealkylation sites (tertiary alicyclic amines) is 1. The van der Waals surface area contributed by atoms with Crippen LogP contribution < -0.4 is 0 Å². The lowest BCUT2D eigenvalue weighted by Gasteiger charge is -2.72. The number of hydrogen-bond acceptors (Lipinski definition) is 5. The van der Waals surface area contributed by atoms with Crippen LogP contribution in [0.2, 0.25) is 18.1 Å². The predicted molar refractivity (Wildman–Crippen MR) is 203 cm³/mol. The quantitative estimate of drug-likeness (QED) is 0.210. The van der Waals surface area contributed by atoms with Gasteiger partial charge in [0.2, 0.25) is 5.91 Å². The Hall–Kier alpha value is -1.47. The van der Waals surface area contributed by atoms with Crippen LogP contribution in [-0.2, 0) is 23.5 Å². The lowest BCUT2D eigenvalue weighted by Crippen LogP contribution is -2.66. The van der Waals surface area contributed by atoms with Crippen molar-refractivity contribution in [2.45, 2.75) is 177 Å². The Bertz CT molecular complexity index is 1430. The van der Waals surface area contributed by atoms with Gasteiger partial charge in [-0.3, -0.25) is 14.4 Å². The number of nitrogens with zero attached hydrogens (tertiary/aromatic N) is 1. The molecular formula is C43H71NO5Si. The van der Waals surface area contributed by atoms with Crippen molar-refractivity contribution in [1.29, 1.82) is 0 Å². The van der Waals surface area contributed by atoms with Crippen LogP contribution in [0.5, 0.6) is 0 Å². The first-order valence-electron chi connectivity index (χ1n) is 20.4. The van der Waals surface area contributed by atoms with Crippen LogP contribution >= 0.6 is 0 Å². The van der Waals surface area contributed by atoms with Gasteiger partial charge >= 0.3 is 5.97 Å². The number of hydrogen-bond donors (Lipinski definition) is 0. The second-order valence-electron chi connectivity index (χ2n) is 21.1. The summed E-state index contributed by atoms with van der Waals surface area (Å²) in [4.78, 5) is 43.4. The molecule has 6 aliphatic rings. The van der Waals surface area contributed by atoms with Crippen LogP contribution in [0.25, 0.3) is 0 Å². The van der Waals surface area contributed by atoms with Gasteiger partial charge in [-0.05, 0) is 133 Å².